The Kier molecular flexibility index (Phi) is 4.60. The lowest BCUT2D eigenvalue weighted by molar-refractivity contribution is -0.130. The Morgan fingerprint density at radius 2 is 2.08 bits per heavy atom. The predicted octanol–water partition coefficient (Wildman–Crippen LogP) is -0.641. The average Bonchev–Trinajstić information content (AvgIpc) is 2.00. The van der Waals surface area contributed by atoms with E-state index in [2.05, 4.69) is 14.9 Å². The molecule has 0 bridgehead atoms. The Bertz CT molecular complexity index is 290. The second kappa shape index (κ2) is 4.95. The van der Waals surface area contributed by atoms with Crippen LogP contribution in [0.15, 0.2) is 12.2 Å². The molecule has 0 amide bonds. The number of hydrogen-bond acceptors (Lipinski definition) is 6. The van der Waals surface area contributed by atoms with Gasteiger partial charge in [0.25, 0.3) is 0 Å². The fourth-order valence-electron chi connectivity index (χ4n) is 0.327. The maximum atomic E-state index is 10.7. The molecule has 76 valence electrons. The second-order valence-electron chi connectivity index (χ2n) is 2.10. The van der Waals surface area contributed by atoms with E-state index in [0.717, 1.165) is 0 Å². The molecule has 0 spiro atoms. The molecule has 7 heteroatoms. The largest absolute Gasteiger partial charge is 0.451 e. The van der Waals surface area contributed by atoms with Crippen molar-refractivity contribution in [1.29, 1.82) is 0 Å². The van der Waals surface area contributed by atoms with Gasteiger partial charge in [0.05, 0.1) is 13.2 Å². The summed E-state index contributed by atoms with van der Waals surface area (Å²) in [6.45, 7) is 3.54. The maximum Gasteiger partial charge on any atom is 0.451 e. The molecule has 0 fully saturated rings. The minimum Gasteiger partial charge on any atom is -0.394 e. The van der Waals surface area contributed by atoms with Crippen LogP contribution in [0.2, 0.25) is 0 Å². The third-order valence-electron chi connectivity index (χ3n) is 0.845. The van der Waals surface area contributed by atoms with E-state index in [1.54, 1.807) is 0 Å². The van der Waals surface area contributed by atoms with Crippen molar-refractivity contribution in [3.8, 4) is 0 Å². The molecule has 1 N–H and O–H groups in total. The molecule has 0 aliphatic carbocycles. The smallest absolute Gasteiger partial charge is 0.394 e. The van der Waals surface area contributed by atoms with Gasteiger partial charge in [0.15, 0.2) is 0 Å². The molecule has 0 aliphatic heterocycles. The van der Waals surface area contributed by atoms with E-state index >= 15 is 0 Å². The predicted molar refractivity (Wildman–Crippen MR) is 42.9 cm³/mol. The Morgan fingerprint density at radius 1 is 1.54 bits per heavy atom. The summed E-state index contributed by atoms with van der Waals surface area (Å²) in [6.07, 6.45) is 0. The fourth-order valence-corrected chi connectivity index (χ4v) is 0.982. The first-order valence-electron chi connectivity index (χ1n) is 3.28. The van der Waals surface area contributed by atoms with E-state index in [4.69, 9.17) is 5.11 Å². The summed E-state index contributed by atoms with van der Waals surface area (Å²) in [5, 5.41) is 8.23. The molecule has 0 unspecified atom stereocenters. The molecule has 0 aromatic heterocycles. The Morgan fingerprint density at radius 3 is 2.46 bits per heavy atom. The highest BCUT2D eigenvalue weighted by Gasteiger charge is 2.17. The van der Waals surface area contributed by atoms with Gasteiger partial charge < -0.3 is 9.29 Å². The van der Waals surface area contributed by atoms with Crippen molar-refractivity contribution in [1.82, 2.24) is 0 Å². The van der Waals surface area contributed by atoms with Crippen LogP contribution in [0.5, 0.6) is 0 Å². The van der Waals surface area contributed by atoms with Crippen LogP contribution in [-0.2, 0) is 23.6 Å². The monoisotopic (exact) mass is 210 g/mol. The number of aliphatic hydroxyl groups excluding tert-OH is 1. The van der Waals surface area contributed by atoms with Gasteiger partial charge >= 0.3 is 16.4 Å². The van der Waals surface area contributed by atoms with Gasteiger partial charge in [0.2, 0.25) is 0 Å². The minimum absolute atomic E-state index is 0.0591. The van der Waals surface area contributed by atoms with Crippen molar-refractivity contribution in [2.24, 2.45) is 0 Å². The van der Waals surface area contributed by atoms with Crippen LogP contribution >= 0.6 is 0 Å². The van der Waals surface area contributed by atoms with Gasteiger partial charge in [0, 0.05) is 5.57 Å². The summed E-state index contributed by atoms with van der Waals surface area (Å²) < 4.78 is 29.3. The fraction of sp³-hybridized carbons (Fsp3) is 0.500. The van der Waals surface area contributed by atoms with Crippen LogP contribution in [-0.4, -0.2) is 32.7 Å². The summed E-state index contributed by atoms with van der Waals surface area (Å²) >= 11 is 0. The molecule has 0 saturated heterocycles. The van der Waals surface area contributed by atoms with Crippen LogP contribution in [0.25, 0.3) is 0 Å². The van der Waals surface area contributed by atoms with Crippen molar-refractivity contribution in [3.05, 3.63) is 12.2 Å². The van der Waals surface area contributed by atoms with Gasteiger partial charge in [-0.1, -0.05) is 6.58 Å². The SMILES string of the molecule is C=C(C)C(=O)OS(=O)(=O)OCCO. The third kappa shape index (κ3) is 5.34. The number of hydrogen-bond donors (Lipinski definition) is 1. The molecule has 0 atom stereocenters. The average molecular weight is 210 g/mol. The summed E-state index contributed by atoms with van der Waals surface area (Å²) in [7, 11) is -4.36. The Labute approximate surface area is 76.1 Å². The molecule has 13 heavy (non-hydrogen) atoms. The summed E-state index contributed by atoms with van der Waals surface area (Å²) in [5.41, 5.74) is -0.0591. The maximum absolute atomic E-state index is 10.7. The van der Waals surface area contributed by atoms with E-state index in [1.165, 1.54) is 6.92 Å². The van der Waals surface area contributed by atoms with Crippen molar-refractivity contribution in [3.63, 3.8) is 0 Å². The number of rotatable bonds is 5. The van der Waals surface area contributed by atoms with Gasteiger partial charge in [-0.05, 0) is 6.92 Å². The van der Waals surface area contributed by atoms with Gasteiger partial charge in [0.1, 0.15) is 0 Å². The molecule has 0 aliphatic rings. The standard InChI is InChI=1S/C6H10O6S/c1-5(2)6(8)12-13(9,10)11-4-3-7/h7H,1,3-4H2,2H3. The molecule has 6 nitrogen and oxygen atoms in total. The molecule has 0 rings (SSSR count). The van der Waals surface area contributed by atoms with E-state index in [9.17, 15) is 13.2 Å². The first-order valence-corrected chi connectivity index (χ1v) is 4.62. The molecule has 0 saturated carbocycles. The summed E-state index contributed by atoms with van der Waals surface area (Å²) in [5.74, 6) is -1.09. The van der Waals surface area contributed by atoms with Crippen LogP contribution in [0, 0.1) is 0 Å². The second-order valence-corrected chi connectivity index (χ2v) is 3.32. The van der Waals surface area contributed by atoms with E-state index < -0.39 is 29.6 Å². The highest BCUT2D eigenvalue weighted by atomic mass is 32.3. The molecule has 0 heterocycles. The normalized spacial score (nSPS) is 10.9. The lowest BCUT2D eigenvalue weighted by atomic mass is 10.4. The van der Waals surface area contributed by atoms with Gasteiger partial charge in [-0.25, -0.2) is 8.98 Å². The number of carbonyl (C=O) groups excluding carboxylic acids is 1. The van der Waals surface area contributed by atoms with Gasteiger partial charge in [-0.15, -0.1) is 0 Å². The van der Waals surface area contributed by atoms with Crippen LogP contribution in [0.3, 0.4) is 0 Å². The quantitative estimate of drug-likeness (QED) is 0.607. The van der Waals surface area contributed by atoms with Crippen molar-refractivity contribution in [2.45, 2.75) is 6.92 Å². The molecule has 0 radical (unpaired) electrons. The molecule has 0 aromatic carbocycles. The van der Waals surface area contributed by atoms with E-state index in [0.29, 0.717) is 0 Å². The Hall–Kier alpha value is -0.920. The van der Waals surface area contributed by atoms with Gasteiger partial charge in [-0.3, -0.25) is 0 Å². The van der Waals surface area contributed by atoms with Gasteiger partial charge in [-0.2, -0.15) is 8.42 Å². The molecule has 0 aromatic rings. The van der Waals surface area contributed by atoms with E-state index in [-0.39, 0.29) is 5.57 Å². The lowest BCUT2D eigenvalue weighted by Gasteiger charge is -2.03. The number of carbonyl (C=O) groups is 1. The number of aliphatic hydroxyl groups is 1. The minimum atomic E-state index is -4.36. The van der Waals surface area contributed by atoms with Crippen molar-refractivity contribution < 1.29 is 26.7 Å². The van der Waals surface area contributed by atoms with E-state index in [1.807, 2.05) is 0 Å². The highest BCUT2D eigenvalue weighted by molar-refractivity contribution is 7.82. The van der Waals surface area contributed by atoms with Crippen LogP contribution in [0.4, 0.5) is 0 Å². The summed E-state index contributed by atoms with van der Waals surface area (Å²) in [4.78, 5) is 10.7. The highest BCUT2D eigenvalue weighted by Crippen LogP contribution is 2.00. The first kappa shape index (κ1) is 12.1. The third-order valence-corrected chi connectivity index (χ3v) is 1.66. The van der Waals surface area contributed by atoms with Crippen molar-refractivity contribution >= 4 is 16.4 Å². The zero-order chi connectivity index (χ0) is 10.5. The lowest BCUT2D eigenvalue weighted by Crippen LogP contribution is -2.17. The zero-order valence-electron chi connectivity index (χ0n) is 7.02. The van der Waals surface area contributed by atoms with Crippen LogP contribution in [0.1, 0.15) is 6.92 Å². The molecular weight excluding hydrogens is 200 g/mol. The van der Waals surface area contributed by atoms with Crippen molar-refractivity contribution in [2.75, 3.05) is 13.2 Å². The summed E-state index contributed by atoms with van der Waals surface area (Å²) in [6, 6.07) is 0. The Balaban J connectivity index is 4.18. The zero-order valence-corrected chi connectivity index (χ0v) is 7.83. The van der Waals surface area contributed by atoms with Crippen LogP contribution < -0.4 is 0 Å². The molecular formula is C6H10O6S. The first-order chi connectivity index (χ1) is 5.89. The topological polar surface area (TPSA) is 89.9 Å².